The number of hydrogen-bond donors (Lipinski definition) is 1. The smallest absolute Gasteiger partial charge is 0.0562 e. The second kappa shape index (κ2) is 11.7. The predicted octanol–water partition coefficient (Wildman–Crippen LogP) is 14.2. The molecule has 0 fully saturated rings. The quantitative estimate of drug-likeness (QED) is 0.194. The highest BCUT2D eigenvalue weighted by Gasteiger charge is 2.31. The van der Waals surface area contributed by atoms with Crippen molar-refractivity contribution in [3.8, 4) is 61.3 Å². The first-order valence-corrected chi connectivity index (χ1v) is 19.2. The average molecular weight is 699 g/mol. The fraction of sp³-hybridized carbons (Fsp3) is 0.0189. The first-order chi connectivity index (χ1) is 27.3. The van der Waals surface area contributed by atoms with Crippen molar-refractivity contribution >= 4 is 55.1 Å². The van der Waals surface area contributed by atoms with Gasteiger partial charge >= 0.3 is 0 Å². The highest BCUT2D eigenvalue weighted by molar-refractivity contribution is 6.29. The Morgan fingerprint density at radius 1 is 0.382 bits per heavy atom. The Kier molecular flexibility index (Phi) is 6.43. The second-order valence-electron chi connectivity index (χ2n) is 14.8. The van der Waals surface area contributed by atoms with Gasteiger partial charge in [-0.1, -0.05) is 164 Å². The van der Waals surface area contributed by atoms with Gasteiger partial charge in [0.05, 0.1) is 16.7 Å². The Morgan fingerprint density at radius 2 is 0.982 bits per heavy atom. The molecule has 1 aliphatic heterocycles. The van der Waals surface area contributed by atoms with Crippen molar-refractivity contribution in [2.45, 2.75) is 0 Å². The van der Waals surface area contributed by atoms with Crippen molar-refractivity contribution < 1.29 is 0 Å². The van der Waals surface area contributed by atoms with Gasteiger partial charge in [0.15, 0.2) is 0 Å². The van der Waals surface area contributed by atoms with Gasteiger partial charge in [-0.2, -0.15) is 0 Å². The van der Waals surface area contributed by atoms with Crippen LogP contribution in [0.2, 0.25) is 0 Å². The lowest BCUT2D eigenvalue weighted by molar-refractivity contribution is 1.18. The lowest BCUT2D eigenvalue weighted by Crippen LogP contribution is -2.04. The lowest BCUT2D eigenvalue weighted by atomic mass is 9.82. The lowest BCUT2D eigenvalue weighted by Gasteiger charge is -2.20. The van der Waals surface area contributed by atoms with E-state index >= 15 is 0 Å². The number of para-hydroxylation sites is 1. The molecule has 256 valence electrons. The van der Waals surface area contributed by atoms with Crippen LogP contribution in [0.15, 0.2) is 182 Å². The minimum Gasteiger partial charge on any atom is -0.381 e. The molecular weight excluding hydrogens is 665 g/mol. The van der Waals surface area contributed by atoms with Crippen LogP contribution in [0.1, 0.15) is 5.56 Å². The molecule has 0 atom stereocenters. The van der Waals surface area contributed by atoms with Crippen LogP contribution in [-0.2, 0) is 0 Å². The summed E-state index contributed by atoms with van der Waals surface area (Å²) in [6.45, 7) is 0.845. The van der Waals surface area contributed by atoms with E-state index in [0.717, 1.165) is 12.2 Å². The van der Waals surface area contributed by atoms with E-state index in [0.29, 0.717) is 0 Å². The van der Waals surface area contributed by atoms with Gasteiger partial charge in [0, 0.05) is 23.0 Å². The summed E-state index contributed by atoms with van der Waals surface area (Å²) in [6, 6.07) is 65.0. The maximum Gasteiger partial charge on any atom is 0.0562 e. The zero-order chi connectivity index (χ0) is 36.0. The first kappa shape index (κ1) is 30.3. The summed E-state index contributed by atoms with van der Waals surface area (Å²) in [5.41, 5.74) is 18.9. The molecule has 1 aliphatic carbocycles. The van der Waals surface area contributed by atoms with Crippen LogP contribution >= 0.6 is 0 Å². The molecule has 0 amide bonds. The van der Waals surface area contributed by atoms with Gasteiger partial charge in [0.25, 0.3) is 0 Å². The molecule has 0 spiro atoms. The summed E-state index contributed by atoms with van der Waals surface area (Å²) in [7, 11) is 0. The molecule has 0 saturated heterocycles. The number of fused-ring (bicyclic) bond motifs is 9. The molecule has 0 bridgehead atoms. The van der Waals surface area contributed by atoms with Crippen LogP contribution in [0, 0.1) is 0 Å². The molecule has 2 aliphatic rings. The molecule has 2 heterocycles. The molecule has 2 heteroatoms. The highest BCUT2D eigenvalue weighted by Crippen LogP contribution is 2.58. The maximum atomic E-state index is 3.67. The number of rotatable bonds is 4. The molecule has 0 unspecified atom stereocenters. The fourth-order valence-electron chi connectivity index (χ4n) is 9.68. The van der Waals surface area contributed by atoms with Gasteiger partial charge in [0.1, 0.15) is 0 Å². The van der Waals surface area contributed by atoms with E-state index in [4.69, 9.17) is 0 Å². The number of anilines is 1. The van der Waals surface area contributed by atoms with Crippen LogP contribution in [0.3, 0.4) is 0 Å². The molecule has 9 aromatic carbocycles. The molecule has 10 aromatic rings. The van der Waals surface area contributed by atoms with Crippen LogP contribution in [0.25, 0.3) is 111 Å². The fourth-order valence-corrected chi connectivity index (χ4v) is 9.68. The summed E-state index contributed by atoms with van der Waals surface area (Å²) in [6.07, 6.45) is 4.42. The molecule has 1 aromatic heterocycles. The van der Waals surface area contributed by atoms with E-state index in [1.165, 1.54) is 110 Å². The van der Waals surface area contributed by atoms with Gasteiger partial charge in [0.2, 0.25) is 0 Å². The number of hydrogen-bond acceptors (Lipinski definition) is 1. The van der Waals surface area contributed by atoms with Gasteiger partial charge in [-0.05, 0) is 107 Å². The summed E-state index contributed by atoms with van der Waals surface area (Å²) >= 11 is 0. The van der Waals surface area contributed by atoms with Crippen LogP contribution in [0.5, 0.6) is 0 Å². The number of nitrogens with one attached hydrogen (secondary N) is 1. The number of aromatic nitrogens is 1. The third-order valence-corrected chi connectivity index (χ3v) is 11.9. The van der Waals surface area contributed by atoms with Crippen LogP contribution < -0.4 is 5.32 Å². The van der Waals surface area contributed by atoms with Crippen molar-refractivity contribution in [1.29, 1.82) is 0 Å². The predicted molar refractivity (Wildman–Crippen MR) is 234 cm³/mol. The van der Waals surface area contributed by atoms with E-state index in [2.05, 4.69) is 198 Å². The monoisotopic (exact) mass is 698 g/mol. The van der Waals surface area contributed by atoms with Gasteiger partial charge < -0.3 is 9.88 Å². The first-order valence-electron chi connectivity index (χ1n) is 19.2. The summed E-state index contributed by atoms with van der Waals surface area (Å²) in [5.74, 6) is 0. The van der Waals surface area contributed by atoms with Crippen LogP contribution in [0.4, 0.5) is 5.69 Å². The van der Waals surface area contributed by atoms with Crippen molar-refractivity contribution in [1.82, 2.24) is 4.57 Å². The molecule has 1 N–H and O–H groups in total. The summed E-state index contributed by atoms with van der Waals surface area (Å²) in [5, 5.41) is 11.4. The Balaban J connectivity index is 1.07. The van der Waals surface area contributed by atoms with E-state index in [9.17, 15) is 0 Å². The van der Waals surface area contributed by atoms with Gasteiger partial charge in [-0.25, -0.2) is 0 Å². The van der Waals surface area contributed by atoms with E-state index in [-0.39, 0.29) is 0 Å². The van der Waals surface area contributed by atoms with E-state index < -0.39 is 0 Å². The SMILES string of the molecule is C1=Cc2ccc3c(c2NC1)c1ccccc1n3-c1ccc(-c2ccc3c4c(cccc24)-c2c-3c(-c3ccccc3)c3ccccc3c2-c2ccccc2)cc1. The minimum absolute atomic E-state index is 0.845. The molecule has 55 heavy (non-hydrogen) atoms. The number of nitrogens with zero attached hydrogens (tertiary/aromatic N) is 1. The molecule has 0 saturated carbocycles. The highest BCUT2D eigenvalue weighted by atomic mass is 15.0. The largest absolute Gasteiger partial charge is 0.381 e. The molecule has 0 radical (unpaired) electrons. The summed E-state index contributed by atoms with van der Waals surface area (Å²) < 4.78 is 2.42. The van der Waals surface area contributed by atoms with Crippen LogP contribution in [-0.4, -0.2) is 11.1 Å². The third-order valence-electron chi connectivity index (χ3n) is 11.9. The second-order valence-corrected chi connectivity index (χ2v) is 14.8. The molecule has 12 rings (SSSR count). The zero-order valence-corrected chi connectivity index (χ0v) is 30.1. The van der Waals surface area contributed by atoms with Gasteiger partial charge in [-0.15, -0.1) is 0 Å². The number of benzene rings is 9. The topological polar surface area (TPSA) is 17.0 Å². The molecule has 2 nitrogen and oxygen atoms in total. The molecular formula is C53H34N2. The standard InChI is InChI=1S/C53H34N2/c1-3-13-34(14-4-1)47-40-18-7-8-19-41(40)48(35-15-5-2-6-16-35)52-44-30-29-38(39-21-11-22-43(49(39)44)51(47)52)33-24-27-37(28-25-33)55-45-23-10-9-20-42(45)50-46(55)31-26-36-17-12-32-54-53(36)50/h1-31,54H,32H2. The normalized spacial score (nSPS) is 12.7. The zero-order valence-electron chi connectivity index (χ0n) is 30.1. The van der Waals surface area contributed by atoms with Crippen molar-refractivity contribution in [3.63, 3.8) is 0 Å². The van der Waals surface area contributed by atoms with E-state index in [1.807, 2.05) is 0 Å². The summed E-state index contributed by atoms with van der Waals surface area (Å²) in [4.78, 5) is 0. The minimum atomic E-state index is 0.845. The Bertz CT molecular complexity index is 3130. The van der Waals surface area contributed by atoms with Crippen molar-refractivity contribution in [2.24, 2.45) is 0 Å². The third kappa shape index (κ3) is 4.31. The average Bonchev–Trinajstić information content (AvgIpc) is 3.78. The Labute approximate surface area is 319 Å². The maximum absolute atomic E-state index is 3.67. The Morgan fingerprint density at radius 3 is 1.69 bits per heavy atom. The van der Waals surface area contributed by atoms with Gasteiger partial charge in [-0.3, -0.25) is 0 Å². The van der Waals surface area contributed by atoms with Crippen molar-refractivity contribution in [2.75, 3.05) is 11.9 Å². The van der Waals surface area contributed by atoms with Crippen molar-refractivity contribution in [3.05, 3.63) is 188 Å². The van der Waals surface area contributed by atoms with E-state index in [1.54, 1.807) is 0 Å². The Hall–Kier alpha value is -7.16.